The Morgan fingerprint density at radius 3 is 2.47 bits per heavy atom. The van der Waals surface area contributed by atoms with Gasteiger partial charge in [-0.15, -0.1) is 0 Å². The van der Waals surface area contributed by atoms with Gasteiger partial charge in [0.25, 0.3) is 5.91 Å². The molecule has 1 aliphatic heterocycles. The topological polar surface area (TPSA) is 114 Å². The van der Waals surface area contributed by atoms with E-state index in [0.717, 1.165) is 10.7 Å². The number of benzene rings is 2. The van der Waals surface area contributed by atoms with Crippen LogP contribution in [0.1, 0.15) is 30.6 Å². The molecule has 0 aliphatic carbocycles. The second kappa shape index (κ2) is 10.4. The number of carbonyl (C=O) groups excluding carboxylic acids is 2. The molecule has 2 aromatic carbocycles. The van der Waals surface area contributed by atoms with Crippen LogP contribution in [0, 0.1) is 0 Å². The van der Waals surface area contributed by atoms with Crippen LogP contribution in [0.5, 0.6) is 11.5 Å². The molecule has 2 N–H and O–H groups in total. The van der Waals surface area contributed by atoms with Crippen LogP contribution in [0.4, 0.5) is 11.4 Å². The van der Waals surface area contributed by atoms with Crippen molar-refractivity contribution in [1.29, 1.82) is 0 Å². The van der Waals surface area contributed by atoms with Crippen molar-refractivity contribution < 1.29 is 27.5 Å². The summed E-state index contributed by atoms with van der Waals surface area (Å²) in [6.45, 7) is 4.26. The number of sulfonamides is 1. The van der Waals surface area contributed by atoms with Crippen LogP contribution in [0.3, 0.4) is 0 Å². The molecule has 2 amide bonds. The molecule has 1 heterocycles. The van der Waals surface area contributed by atoms with E-state index in [2.05, 4.69) is 10.6 Å². The fourth-order valence-electron chi connectivity index (χ4n) is 3.14. The van der Waals surface area contributed by atoms with Crippen molar-refractivity contribution in [3.8, 4) is 11.5 Å². The van der Waals surface area contributed by atoms with Gasteiger partial charge >= 0.3 is 0 Å². The average molecular weight is 462 g/mol. The number of hydrogen-bond donors (Lipinski definition) is 2. The largest absolute Gasteiger partial charge is 0.486 e. The number of hydrogen-bond acceptors (Lipinski definition) is 6. The smallest absolute Gasteiger partial charge is 0.253 e. The first-order valence-corrected chi connectivity index (χ1v) is 12.0. The molecule has 0 bridgehead atoms. The fourth-order valence-corrected chi connectivity index (χ4v) is 4.20. The quantitative estimate of drug-likeness (QED) is 0.593. The molecule has 0 spiro atoms. The van der Waals surface area contributed by atoms with Gasteiger partial charge in [0.15, 0.2) is 11.5 Å². The van der Waals surface area contributed by atoms with Crippen LogP contribution in [-0.4, -0.2) is 52.3 Å². The molecule has 3 rings (SSSR count). The van der Waals surface area contributed by atoms with Crippen LogP contribution >= 0.6 is 0 Å². The first-order chi connectivity index (χ1) is 15.4. The van der Waals surface area contributed by atoms with E-state index in [1.54, 1.807) is 42.5 Å². The van der Waals surface area contributed by atoms with Crippen molar-refractivity contribution in [3.63, 3.8) is 0 Å². The number of carbonyl (C=O) groups is 2. The first-order valence-electron chi connectivity index (χ1n) is 10.4. The summed E-state index contributed by atoms with van der Waals surface area (Å²) in [5.41, 5.74) is 0.904. The Bertz CT molecular complexity index is 1090. The molecule has 9 nitrogen and oxygen atoms in total. The maximum Gasteiger partial charge on any atom is 0.253 e. The number of nitrogens with zero attached hydrogens (tertiary/aromatic N) is 1. The van der Waals surface area contributed by atoms with Gasteiger partial charge in [0.1, 0.15) is 19.8 Å². The highest BCUT2D eigenvalue weighted by Gasteiger charge is 2.26. The molecule has 0 fully saturated rings. The SMILES string of the molecule is CCCNC(=O)c1ccccc1NC(=O)CN(c1ccc2c(c1)OCCO2)S(=O)(=O)CC. The van der Waals surface area contributed by atoms with Gasteiger partial charge in [0, 0.05) is 12.6 Å². The Balaban J connectivity index is 1.83. The van der Waals surface area contributed by atoms with E-state index in [9.17, 15) is 18.0 Å². The third-order valence-corrected chi connectivity index (χ3v) is 6.52. The summed E-state index contributed by atoms with van der Waals surface area (Å²) in [6, 6.07) is 11.3. The summed E-state index contributed by atoms with van der Waals surface area (Å²) < 4.78 is 37.6. The van der Waals surface area contributed by atoms with Crippen LogP contribution in [0.15, 0.2) is 42.5 Å². The van der Waals surface area contributed by atoms with E-state index < -0.39 is 22.5 Å². The van der Waals surface area contributed by atoms with Crippen LogP contribution < -0.4 is 24.4 Å². The molecule has 10 heteroatoms. The number of para-hydroxylation sites is 1. The van der Waals surface area contributed by atoms with Crippen molar-refractivity contribution in [2.45, 2.75) is 20.3 Å². The van der Waals surface area contributed by atoms with Crippen molar-refractivity contribution in [2.24, 2.45) is 0 Å². The van der Waals surface area contributed by atoms with E-state index in [1.165, 1.54) is 6.92 Å². The zero-order valence-electron chi connectivity index (χ0n) is 18.1. The number of fused-ring (bicyclic) bond motifs is 1. The van der Waals surface area contributed by atoms with E-state index in [0.29, 0.717) is 48.2 Å². The van der Waals surface area contributed by atoms with Gasteiger partial charge in [-0.25, -0.2) is 8.42 Å². The van der Waals surface area contributed by atoms with Gasteiger partial charge in [-0.3, -0.25) is 13.9 Å². The maximum absolute atomic E-state index is 12.8. The highest BCUT2D eigenvalue weighted by atomic mass is 32.2. The maximum atomic E-state index is 12.8. The predicted molar refractivity (Wildman–Crippen MR) is 122 cm³/mol. The molecule has 1 aliphatic rings. The first kappa shape index (κ1) is 23.4. The molecule has 0 radical (unpaired) electrons. The van der Waals surface area contributed by atoms with E-state index >= 15 is 0 Å². The minimum atomic E-state index is -3.77. The molecule has 0 saturated heterocycles. The van der Waals surface area contributed by atoms with Crippen molar-refractivity contribution in [1.82, 2.24) is 5.32 Å². The second-order valence-corrected chi connectivity index (χ2v) is 9.27. The zero-order chi connectivity index (χ0) is 23.1. The van der Waals surface area contributed by atoms with E-state index in [-0.39, 0.29) is 11.7 Å². The highest BCUT2D eigenvalue weighted by Crippen LogP contribution is 2.34. The zero-order valence-corrected chi connectivity index (χ0v) is 18.9. The third kappa shape index (κ3) is 5.50. The predicted octanol–water partition coefficient (Wildman–Crippen LogP) is 2.39. The molecule has 2 aromatic rings. The van der Waals surface area contributed by atoms with Crippen LogP contribution in [0.2, 0.25) is 0 Å². The molecular formula is C22H27N3O6S. The fraction of sp³-hybridized carbons (Fsp3) is 0.364. The van der Waals surface area contributed by atoms with Gasteiger partial charge in [-0.1, -0.05) is 19.1 Å². The Morgan fingerprint density at radius 1 is 1.03 bits per heavy atom. The van der Waals surface area contributed by atoms with Crippen molar-refractivity contribution in [2.75, 3.05) is 41.7 Å². The lowest BCUT2D eigenvalue weighted by Crippen LogP contribution is -2.39. The van der Waals surface area contributed by atoms with Crippen LogP contribution in [-0.2, 0) is 14.8 Å². The molecule has 0 aromatic heterocycles. The van der Waals surface area contributed by atoms with Crippen LogP contribution in [0.25, 0.3) is 0 Å². The molecule has 172 valence electrons. The number of nitrogens with one attached hydrogen (secondary N) is 2. The normalized spacial score (nSPS) is 12.7. The molecule has 32 heavy (non-hydrogen) atoms. The standard InChI is InChI=1S/C22H27N3O6S/c1-3-11-23-22(27)17-7-5-6-8-18(17)24-21(26)15-25(32(28,29)4-2)16-9-10-19-20(14-16)31-13-12-30-19/h5-10,14H,3-4,11-13,15H2,1-2H3,(H,23,27)(H,24,26). The van der Waals surface area contributed by atoms with Gasteiger partial charge in [0.05, 0.1) is 22.7 Å². The summed E-state index contributed by atoms with van der Waals surface area (Å²) in [4.78, 5) is 25.2. The Kier molecular flexibility index (Phi) is 7.57. The number of ether oxygens (including phenoxy) is 2. The lowest BCUT2D eigenvalue weighted by molar-refractivity contribution is -0.114. The highest BCUT2D eigenvalue weighted by molar-refractivity contribution is 7.92. The summed E-state index contributed by atoms with van der Waals surface area (Å²) in [6.07, 6.45) is 0.777. The Labute approximate surface area is 187 Å². The molecule has 0 unspecified atom stereocenters. The minimum Gasteiger partial charge on any atom is -0.486 e. The lowest BCUT2D eigenvalue weighted by atomic mass is 10.1. The average Bonchev–Trinajstić information content (AvgIpc) is 2.81. The Morgan fingerprint density at radius 2 is 1.75 bits per heavy atom. The van der Waals surface area contributed by atoms with E-state index in [4.69, 9.17) is 9.47 Å². The summed E-state index contributed by atoms with van der Waals surface area (Å²) in [7, 11) is -3.77. The molecule has 0 saturated carbocycles. The molecular weight excluding hydrogens is 434 g/mol. The number of amides is 2. The Hall–Kier alpha value is -3.27. The van der Waals surface area contributed by atoms with Crippen molar-refractivity contribution in [3.05, 3.63) is 48.0 Å². The number of rotatable bonds is 9. The lowest BCUT2D eigenvalue weighted by Gasteiger charge is -2.26. The van der Waals surface area contributed by atoms with Gasteiger partial charge in [0.2, 0.25) is 15.9 Å². The summed E-state index contributed by atoms with van der Waals surface area (Å²) in [5, 5.41) is 5.43. The van der Waals surface area contributed by atoms with E-state index in [1.807, 2.05) is 6.92 Å². The molecule has 0 atom stereocenters. The third-order valence-electron chi connectivity index (χ3n) is 4.78. The van der Waals surface area contributed by atoms with Gasteiger partial charge in [-0.05, 0) is 37.6 Å². The monoisotopic (exact) mass is 461 g/mol. The summed E-state index contributed by atoms with van der Waals surface area (Å²) in [5.74, 6) is -0.140. The van der Waals surface area contributed by atoms with Gasteiger partial charge < -0.3 is 20.1 Å². The van der Waals surface area contributed by atoms with Crippen molar-refractivity contribution >= 4 is 33.2 Å². The second-order valence-electron chi connectivity index (χ2n) is 7.08. The minimum absolute atomic E-state index is 0.190. The summed E-state index contributed by atoms with van der Waals surface area (Å²) >= 11 is 0. The number of anilines is 2. The van der Waals surface area contributed by atoms with Gasteiger partial charge in [-0.2, -0.15) is 0 Å².